The number of piperazine rings is 1. The van der Waals surface area contributed by atoms with Crippen molar-refractivity contribution in [2.24, 2.45) is 23.2 Å². The predicted molar refractivity (Wildman–Crippen MR) is 122 cm³/mol. The van der Waals surface area contributed by atoms with Crippen molar-refractivity contribution in [1.29, 1.82) is 5.26 Å². The Labute approximate surface area is 190 Å². The first kappa shape index (κ1) is 21.5. The Hall–Kier alpha value is -2.36. The number of allylic oxidation sites excluding steroid dienone is 1. The number of aliphatic hydroxyl groups is 1. The summed E-state index contributed by atoms with van der Waals surface area (Å²) < 4.78 is 5.83. The molecule has 6 heteroatoms. The number of fused-ring (bicyclic) bond motifs is 2. The van der Waals surface area contributed by atoms with Gasteiger partial charge in [-0.1, -0.05) is 25.5 Å². The first-order chi connectivity index (χ1) is 15.4. The molecule has 1 N–H and O–H groups in total. The number of carbonyl (C=O) groups is 1. The van der Waals surface area contributed by atoms with Gasteiger partial charge in [0.05, 0.1) is 23.7 Å². The molecular weight excluding hydrogens is 402 g/mol. The molecule has 0 amide bonds. The number of aliphatic hydroxyl groups excluding tert-OH is 1. The van der Waals surface area contributed by atoms with E-state index >= 15 is 0 Å². The van der Waals surface area contributed by atoms with Gasteiger partial charge in [0.2, 0.25) is 0 Å². The quantitative estimate of drug-likeness (QED) is 0.581. The van der Waals surface area contributed by atoms with Crippen molar-refractivity contribution in [2.45, 2.75) is 45.3 Å². The number of benzene rings is 1. The topological polar surface area (TPSA) is 76.8 Å². The van der Waals surface area contributed by atoms with Gasteiger partial charge < -0.3 is 14.7 Å². The fraction of sp³-hybridized carbons (Fsp3) is 0.615. The average Bonchev–Trinajstić information content (AvgIpc) is 3.11. The maximum absolute atomic E-state index is 12.9. The van der Waals surface area contributed by atoms with Crippen LogP contribution >= 0.6 is 0 Å². The molecule has 3 fully saturated rings. The number of hydrogen-bond donors (Lipinski definition) is 1. The summed E-state index contributed by atoms with van der Waals surface area (Å²) in [6.07, 6.45) is 4.47. The minimum atomic E-state index is -0.542. The zero-order chi connectivity index (χ0) is 22.5. The molecule has 6 atom stereocenters. The third-order valence-electron chi connectivity index (χ3n) is 8.76. The van der Waals surface area contributed by atoms with Crippen molar-refractivity contribution in [1.82, 2.24) is 4.90 Å². The van der Waals surface area contributed by atoms with Crippen LogP contribution in [0.3, 0.4) is 0 Å². The van der Waals surface area contributed by atoms with Gasteiger partial charge >= 0.3 is 5.97 Å². The van der Waals surface area contributed by atoms with E-state index in [0.717, 1.165) is 51.1 Å². The van der Waals surface area contributed by atoms with Gasteiger partial charge in [-0.3, -0.25) is 9.69 Å². The fourth-order valence-corrected chi connectivity index (χ4v) is 6.49. The Bertz CT molecular complexity index is 944. The largest absolute Gasteiger partial charge is 0.461 e. The minimum absolute atomic E-state index is 0.123. The maximum atomic E-state index is 12.9. The van der Waals surface area contributed by atoms with E-state index in [1.54, 1.807) is 0 Å². The highest BCUT2D eigenvalue weighted by Gasteiger charge is 2.59. The van der Waals surface area contributed by atoms with Gasteiger partial charge in [0.1, 0.15) is 6.10 Å². The maximum Gasteiger partial charge on any atom is 0.311 e. The Morgan fingerprint density at radius 2 is 1.94 bits per heavy atom. The van der Waals surface area contributed by atoms with Crippen LogP contribution in [0.5, 0.6) is 0 Å². The monoisotopic (exact) mass is 435 g/mol. The van der Waals surface area contributed by atoms with Gasteiger partial charge in [-0.15, -0.1) is 0 Å². The van der Waals surface area contributed by atoms with E-state index in [1.807, 2.05) is 24.3 Å². The van der Waals surface area contributed by atoms with E-state index in [2.05, 4.69) is 35.8 Å². The highest BCUT2D eigenvalue weighted by molar-refractivity contribution is 5.76. The zero-order valence-electron chi connectivity index (χ0n) is 19.0. The van der Waals surface area contributed by atoms with Crippen LogP contribution in [0, 0.1) is 34.5 Å². The summed E-state index contributed by atoms with van der Waals surface area (Å²) in [7, 11) is 0. The molecule has 5 rings (SSSR count). The van der Waals surface area contributed by atoms with E-state index in [4.69, 9.17) is 10.00 Å². The lowest BCUT2D eigenvalue weighted by atomic mass is 9.55. The van der Waals surface area contributed by atoms with Crippen molar-refractivity contribution in [3.05, 3.63) is 41.5 Å². The Morgan fingerprint density at radius 1 is 1.22 bits per heavy atom. The lowest BCUT2D eigenvalue weighted by molar-refractivity contribution is -0.145. The van der Waals surface area contributed by atoms with Gasteiger partial charge in [0, 0.05) is 56.2 Å². The number of rotatable bonds is 3. The van der Waals surface area contributed by atoms with Gasteiger partial charge in [0.15, 0.2) is 0 Å². The molecule has 4 aliphatic rings. The molecule has 2 saturated heterocycles. The lowest BCUT2D eigenvalue weighted by Gasteiger charge is -2.52. The Morgan fingerprint density at radius 3 is 2.62 bits per heavy atom. The lowest BCUT2D eigenvalue weighted by Crippen LogP contribution is -2.55. The summed E-state index contributed by atoms with van der Waals surface area (Å²) in [5.74, 6) is -0.111. The average molecular weight is 436 g/mol. The third-order valence-corrected chi connectivity index (χ3v) is 8.76. The molecule has 1 aromatic rings. The number of esters is 1. The molecule has 2 aliphatic carbocycles. The van der Waals surface area contributed by atoms with E-state index in [1.165, 1.54) is 5.57 Å². The van der Waals surface area contributed by atoms with Crippen LogP contribution in [0.4, 0.5) is 5.69 Å². The first-order valence-corrected chi connectivity index (χ1v) is 12.0. The number of nitriles is 1. The van der Waals surface area contributed by atoms with E-state index < -0.39 is 6.10 Å². The van der Waals surface area contributed by atoms with Gasteiger partial charge in [0.25, 0.3) is 0 Å². The molecule has 0 bridgehead atoms. The summed E-state index contributed by atoms with van der Waals surface area (Å²) in [6.45, 7) is 8.59. The molecule has 1 aromatic carbocycles. The smallest absolute Gasteiger partial charge is 0.311 e. The van der Waals surface area contributed by atoms with E-state index in [0.29, 0.717) is 18.0 Å². The van der Waals surface area contributed by atoms with Crippen molar-refractivity contribution in [3.8, 4) is 6.07 Å². The van der Waals surface area contributed by atoms with Crippen molar-refractivity contribution in [3.63, 3.8) is 0 Å². The highest BCUT2D eigenvalue weighted by Crippen LogP contribution is 2.56. The molecule has 6 unspecified atom stereocenters. The second kappa shape index (κ2) is 8.20. The predicted octanol–water partition coefficient (Wildman–Crippen LogP) is 2.97. The molecule has 32 heavy (non-hydrogen) atoms. The molecule has 2 heterocycles. The van der Waals surface area contributed by atoms with Gasteiger partial charge in [-0.05, 0) is 43.0 Å². The third kappa shape index (κ3) is 3.43. The number of ether oxygens (including phenoxy) is 1. The van der Waals surface area contributed by atoms with Crippen molar-refractivity contribution < 1.29 is 14.6 Å². The molecular formula is C26H33N3O3. The SMILES string of the molecule is CC1CCC=C2CC3OC(=O)C(CN4CCN(c5ccc(C#N)cc5)CC4)C3C(O)C21C. The summed E-state index contributed by atoms with van der Waals surface area (Å²) >= 11 is 0. The molecule has 2 aliphatic heterocycles. The van der Waals surface area contributed by atoms with Gasteiger partial charge in [-0.2, -0.15) is 5.26 Å². The van der Waals surface area contributed by atoms with Crippen molar-refractivity contribution >= 4 is 11.7 Å². The van der Waals surface area contributed by atoms with E-state index in [9.17, 15) is 9.90 Å². The van der Waals surface area contributed by atoms with Crippen LogP contribution in [0.2, 0.25) is 0 Å². The Balaban J connectivity index is 1.26. The van der Waals surface area contributed by atoms with Gasteiger partial charge in [-0.25, -0.2) is 0 Å². The molecule has 0 radical (unpaired) electrons. The van der Waals surface area contributed by atoms with Crippen LogP contribution in [-0.4, -0.2) is 60.9 Å². The second-order valence-corrected chi connectivity index (χ2v) is 10.2. The molecule has 0 spiro atoms. The summed E-state index contributed by atoms with van der Waals surface area (Å²) in [4.78, 5) is 17.6. The van der Waals surface area contributed by atoms with Crippen LogP contribution in [0.1, 0.15) is 38.7 Å². The summed E-state index contributed by atoms with van der Waals surface area (Å²) in [5.41, 5.74) is 2.84. The number of hydrogen-bond acceptors (Lipinski definition) is 6. The van der Waals surface area contributed by atoms with Crippen LogP contribution in [0.15, 0.2) is 35.9 Å². The standard InChI is InChI=1S/C26H33N3O3/c1-17-4-3-5-19-14-22-23(24(30)26(17,19)2)21(25(31)32-22)16-28-10-12-29(13-11-28)20-8-6-18(15-27)7-9-20/h5-9,17,21-24,30H,3-4,10-14,16H2,1-2H3. The van der Waals surface area contributed by atoms with Crippen molar-refractivity contribution in [2.75, 3.05) is 37.6 Å². The van der Waals surface area contributed by atoms with Crippen LogP contribution in [0.25, 0.3) is 0 Å². The number of nitrogens with zero attached hydrogens (tertiary/aromatic N) is 3. The second-order valence-electron chi connectivity index (χ2n) is 10.2. The summed E-state index contributed by atoms with van der Waals surface area (Å²) in [5, 5.41) is 20.5. The normalized spacial score (nSPS) is 37.2. The van der Waals surface area contributed by atoms with Crippen LogP contribution in [-0.2, 0) is 9.53 Å². The summed E-state index contributed by atoms with van der Waals surface area (Å²) in [6, 6.07) is 9.88. The fourth-order valence-electron chi connectivity index (χ4n) is 6.49. The zero-order valence-corrected chi connectivity index (χ0v) is 19.0. The van der Waals surface area contributed by atoms with E-state index in [-0.39, 0.29) is 29.3 Å². The van der Waals surface area contributed by atoms with Crippen LogP contribution < -0.4 is 4.90 Å². The molecule has 6 nitrogen and oxygen atoms in total. The molecule has 1 saturated carbocycles. The minimum Gasteiger partial charge on any atom is -0.461 e. The highest BCUT2D eigenvalue weighted by atomic mass is 16.6. The number of anilines is 1. The molecule has 170 valence electrons. The Kier molecular flexibility index (Phi) is 5.51. The number of carbonyl (C=O) groups excluding carboxylic acids is 1. The first-order valence-electron chi connectivity index (χ1n) is 12.0. The molecule has 0 aromatic heterocycles.